The summed E-state index contributed by atoms with van der Waals surface area (Å²) in [5.74, 6) is 0. The van der Waals surface area contributed by atoms with Gasteiger partial charge in [-0.3, -0.25) is 0 Å². The third-order valence-corrected chi connectivity index (χ3v) is 5.33. The molecule has 15 heavy (non-hydrogen) atoms. The van der Waals surface area contributed by atoms with Gasteiger partial charge in [-0.2, -0.15) is 27.0 Å². The third-order valence-electron chi connectivity index (χ3n) is 2.48. The second-order valence-corrected chi connectivity index (χ2v) is 6.59. The van der Waals surface area contributed by atoms with Gasteiger partial charge >= 0.3 is 0 Å². The Kier molecular flexibility index (Phi) is 25.0. The summed E-state index contributed by atoms with van der Waals surface area (Å²) in [6.45, 7) is 6.94. The molecule has 3 heteroatoms. The largest absolute Gasteiger partial charge is 0.197 e. The predicted molar refractivity (Wildman–Crippen MR) is 87.0 cm³/mol. The molecule has 96 valence electrons. The lowest BCUT2D eigenvalue weighted by Crippen LogP contribution is -1.95. The molecular formula is C12H31PS2. The van der Waals surface area contributed by atoms with Crippen LogP contribution in [-0.4, -0.2) is 18.5 Å². The third kappa shape index (κ3) is 15.1. The highest BCUT2D eigenvalue weighted by atomic mass is 32.1. The van der Waals surface area contributed by atoms with Crippen LogP contribution in [0.25, 0.3) is 0 Å². The first-order valence-corrected chi connectivity index (χ1v) is 7.97. The van der Waals surface area contributed by atoms with E-state index in [1.165, 1.54) is 38.5 Å². The van der Waals surface area contributed by atoms with E-state index in [9.17, 15) is 0 Å². The van der Waals surface area contributed by atoms with Crippen molar-refractivity contribution in [1.29, 1.82) is 0 Å². The first kappa shape index (κ1) is 21.4. The molecule has 0 bridgehead atoms. The Balaban J connectivity index is -0.000000720. The van der Waals surface area contributed by atoms with Gasteiger partial charge < -0.3 is 0 Å². The van der Waals surface area contributed by atoms with E-state index in [4.69, 9.17) is 0 Å². The van der Waals surface area contributed by atoms with E-state index in [0.29, 0.717) is 7.92 Å². The fourth-order valence-electron chi connectivity index (χ4n) is 1.48. The van der Waals surface area contributed by atoms with Crippen LogP contribution in [0.3, 0.4) is 0 Å². The first-order valence-electron chi connectivity index (χ1n) is 6.07. The van der Waals surface area contributed by atoms with Gasteiger partial charge in [0.2, 0.25) is 0 Å². The Bertz CT molecular complexity index is 80.6. The van der Waals surface area contributed by atoms with Gasteiger partial charge in [0, 0.05) is 0 Å². The van der Waals surface area contributed by atoms with Gasteiger partial charge in [-0.15, -0.1) is 7.92 Å². The minimum absolute atomic E-state index is 0. The summed E-state index contributed by atoms with van der Waals surface area (Å²) < 4.78 is 0. The quantitative estimate of drug-likeness (QED) is 0.512. The summed E-state index contributed by atoms with van der Waals surface area (Å²) in [4.78, 5) is 0. The van der Waals surface area contributed by atoms with Crippen molar-refractivity contribution >= 4 is 34.9 Å². The van der Waals surface area contributed by atoms with Crippen LogP contribution in [0.1, 0.15) is 59.3 Å². The number of unbranched alkanes of at least 4 members (excludes halogenated alkanes) is 3. The summed E-state index contributed by atoms with van der Waals surface area (Å²) >= 11 is 0. The highest BCUT2D eigenvalue weighted by Crippen LogP contribution is 2.38. The van der Waals surface area contributed by atoms with Crippen molar-refractivity contribution in [2.45, 2.75) is 59.3 Å². The standard InChI is InChI=1S/C12H27P.2H2S/c1-4-7-10-13(11-8-5-2)12-9-6-3;;/h4-12H2,1-3H3;2*1H2. The molecule has 0 saturated carbocycles. The zero-order valence-electron chi connectivity index (χ0n) is 10.8. The molecule has 0 saturated heterocycles. The van der Waals surface area contributed by atoms with Crippen molar-refractivity contribution in [3.8, 4) is 0 Å². The summed E-state index contributed by atoms with van der Waals surface area (Å²) in [7, 11) is 0.422. The molecule has 0 aromatic rings. The van der Waals surface area contributed by atoms with Crippen LogP contribution < -0.4 is 0 Å². The van der Waals surface area contributed by atoms with E-state index in [0.717, 1.165) is 0 Å². The Morgan fingerprint density at radius 3 is 1.07 bits per heavy atom. The maximum Gasteiger partial charge on any atom is -0.0326 e. The van der Waals surface area contributed by atoms with Crippen LogP contribution in [0.15, 0.2) is 0 Å². The van der Waals surface area contributed by atoms with E-state index in [2.05, 4.69) is 20.8 Å². The smallest absolute Gasteiger partial charge is 0.0326 e. The summed E-state index contributed by atoms with van der Waals surface area (Å²) in [6.07, 6.45) is 13.2. The highest BCUT2D eigenvalue weighted by molar-refractivity contribution is 7.59. The highest BCUT2D eigenvalue weighted by Gasteiger charge is 2.05. The summed E-state index contributed by atoms with van der Waals surface area (Å²) in [5.41, 5.74) is 0. The van der Waals surface area contributed by atoms with Crippen molar-refractivity contribution < 1.29 is 0 Å². The van der Waals surface area contributed by atoms with E-state index in [1.54, 1.807) is 18.5 Å². The molecule has 0 rings (SSSR count). The van der Waals surface area contributed by atoms with Gasteiger partial charge in [0.1, 0.15) is 0 Å². The van der Waals surface area contributed by atoms with Crippen LogP contribution in [0.4, 0.5) is 0 Å². The SMILES string of the molecule is CCCCP(CCCC)CCCC.S.S. The molecule has 0 nitrogen and oxygen atoms in total. The molecule has 0 N–H and O–H groups in total. The fraction of sp³-hybridized carbons (Fsp3) is 1.00. The first-order chi connectivity index (χ1) is 6.35. The maximum atomic E-state index is 2.31. The van der Waals surface area contributed by atoms with Crippen molar-refractivity contribution in [1.82, 2.24) is 0 Å². The Morgan fingerprint density at radius 2 is 0.867 bits per heavy atom. The average Bonchev–Trinajstić information content (AvgIpc) is 2.17. The Morgan fingerprint density at radius 1 is 0.600 bits per heavy atom. The molecule has 0 fully saturated rings. The topological polar surface area (TPSA) is 0 Å². The molecular weight excluding hydrogens is 239 g/mol. The van der Waals surface area contributed by atoms with Gasteiger partial charge in [0.25, 0.3) is 0 Å². The van der Waals surface area contributed by atoms with Crippen LogP contribution in [-0.2, 0) is 0 Å². The monoisotopic (exact) mass is 270 g/mol. The lowest BCUT2D eigenvalue weighted by molar-refractivity contribution is 0.847. The van der Waals surface area contributed by atoms with Gasteiger partial charge in [-0.25, -0.2) is 0 Å². The zero-order valence-corrected chi connectivity index (χ0v) is 13.7. The van der Waals surface area contributed by atoms with Crippen molar-refractivity contribution in [2.24, 2.45) is 0 Å². The lowest BCUT2D eigenvalue weighted by atomic mass is 10.4. The van der Waals surface area contributed by atoms with Gasteiger partial charge in [0.15, 0.2) is 0 Å². The van der Waals surface area contributed by atoms with E-state index in [-0.39, 0.29) is 27.0 Å². The van der Waals surface area contributed by atoms with Crippen molar-refractivity contribution in [3.63, 3.8) is 0 Å². The molecule has 0 unspecified atom stereocenters. The normalized spacial score (nSPS) is 9.60. The Labute approximate surface area is 113 Å². The molecule has 0 heterocycles. The van der Waals surface area contributed by atoms with E-state index in [1.807, 2.05) is 0 Å². The van der Waals surface area contributed by atoms with Crippen molar-refractivity contribution in [2.75, 3.05) is 18.5 Å². The molecule has 0 aromatic carbocycles. The number of hydrogen-bond acceptors (Lipinski definition) is 0. The van der Waals surface area contributed by atoms with Crippen molar-refractivity contribution in [3.05, 3.63) is 0 Å². The van der Waals surface area contributed by atoms with Crippen LogP contribution in [0.2, 0.25) is 0 Å². The van der Waals surface area contributed by atoms with Gasteiger partial charge in [-0.1, -0.05) is 40.0 Å². The molecule has 0 aliphatic rings. The Hall–Kier alpha value is 1.13. The molecule has 0 radical (unpaired) electrons. The van der Waals surface area contributed by atoms with E-state index < -0.39 is 0 Å². The molecule has 0 aliphatic carbocycles. The summed E-state index contributed by atoms with van der Waals surface area (Å²) in [5, 5.41) is 0. The minimum Gasteiger partial charge on any atom is -0.197 e. The molecule has 0 spiro atoms. The van der Waals surface area contributed by atoms with Gasteiger partial charge in [0.05, 0.1) is 0 Å². The fourth-order valence-corrected chi connectivity index (χ4v) is 4.44. The van der Waals surface area contributed by atoms with Crippen LogP contribution in [0.5, 0.6) is 0 Å². The van der Waals surface area contributed by atoms with E-state index >= 15 is 0 Å². The van der Waals surface area contributed by atoms with Crippen LogP contribution in [0, 0.1) is 0 Å². The summed E-state index contributed by atoms with van der Waals surface area (Å²) in [6, 6.07) is 0. The minimum atomic E-state index is 0. The average molecular weight is 270 g/mol. The second kappa shape index (κ2) is 17.5. The number of hydrogen-bond donors (Lipinski definition) is 0. The molecule has 0 atom stereocenters. The number of rotatable bonds is 9. The van der Waals surface area contributed by atoms with Gasteiger partial charge in [-0.05, 0) is 37.7 Å². The zero-order chi connectivity index (χ0) is 9.94. The lowest BCUT2D eigenvalue weighted by Gasteiger charge is -2.16. The predicted octanol–water partition coefficient (Wildman–Crippen LogP) is 5.09. The molecule has 0 aliphatic heterocycles. The second-order valence-electron chi connectivity index (χ2n) is 3.90. The maximum absolute atomic E-state index is 2.31. The molecule has 0 amide bonds. The van der Waals surface area contributed by atoms with Crippen LogP contribution >= 0.6 is 34.9 Å². The molecule has 0 aromatic heterocycles.